The van der Waals surface area contributed by atoms with Crippen molar-refractivity contribution in [2.75, 3.05) is 31.1 Å². The molecule has 3 unspecified atom stereocenters. The Labute approximate surface area is 238 Å². The predicted molar refractivity (Wildman–Crippen MR) is 155 cm³/mol. The van der Waals surface area contributed by atoms with E-state index >= 15 is 0 Å². The lowest BCUT2D eigenvalue weighted by atomic mass is 9.62. The summed E-state index contributed by atoms with van der Waals surface area (Å²) in [5.41, 5.74) is -1.37. The van der Waals surface area contributed by atoms with Crippen LogP contribution in [0.3, 0.4) is 0 Å². The lowest BCUT2D eigenvalue weighted by Crippen LogP contribution is -2.58. The van der Waals surface area contributed by atoms with E-state index in [1.807, 2.05) is 44.2 Å². The molecule has 4 rings (SSSR count). The Morgan fingerprint density at radius 1 is 1.18 bits per heavy atom. The number of aliphatic hydroxyl groups excluding tert-OH is 1. The third kappa shape index (κ3) is 4.69. The second-order valence-corrected chi connectivity index (χ2v) is 11.8. The Morgan fingerprint density at radius 3 is 2.45 bits per heavy atom. The van der Waals surface area contributed by atoms with Crippen molar-refractivity contribution in [3.8, 4) is 0 Å². The van der Waals surface area contributed by atoms with Crippen LogP contribution < -0.4 is 4.90 Å². The summed E-state index contributed by atoms with van der Waals surface area (Å²) in [5, 5.41) is 10.2. The maximum atomic E-state index is 14.5. The van der Waals surface area contributed by atoms with E-state index in [9.17, 15) is 19.5 Å². The minimum absolute atomic E-state index is 0.0699. The quantitative estimate of drug-likeness (QED) is 0.298. The van der Waals surface area contributed by atoms with Crippen molar-refractivity contribution < 1.29 is 24.2 Å². The molecule has 3 aliphatic heterocycles. The number of carbonyl (C=O) groups excluding carboxylic acids is 3. The molecule has 3 amide bonds. The third-order valence-corrected chi connectivity index (χ3v) is 9.33. The van der Waals surface area contributed by atoms with Gasteiger partial charge in [-0.05, 0) is 44.7 Å². The van der Waals surface area contributed by atoms with Crippen molar-refractivity contribution in [3.05, 3.63) is 55.6 Å². The molecule has 0 aliphatic carbocycles. The summed E-state index contributed by atoms with van der Waals surface area (Å²) < 4.78 is 6.87. The molecular formula is C32H45N3O5. The maximum absolute atomic E-state index is 14.5. The summed E-state index contributed by atoms with van der Waals surface area (Å²) in [4.78, 5) is 48.1. The summed E-state index contributed by atoms with van der Waals surface area (Å²) >= 11 is 0. The molecule has 7 atom stereocenters. The molecule has 0 radical (unpaired) electrons. The number of fused-ring (bicyclic) bond motifs is 1. The van der Waals surface area contributed by atoms with Crippen molar-refractivity contribution >= 4 is 23.4 Å². The van der Waals surface area contributed by atoms with Crippen molar-refractivity contribution in [3.63, 3.8) is 0 Å². The monoisotopic (exact) mass is 551 g/mol. The molecule has 218 valence electrons. The second kappa shape index (κ2) is 11.9. The van der Waals surface area contributed by atoms with E-state index in [4.69, 9.17) is 4.74 Å². The van der Waals surface area contributed by atoms with Gasteiger partial charge in [0, 0.05) is 25.3 Å². The standard InChI is InChI=1S/C32H45N3O5/c1-7-10-14-19-33(17-8-2)30(39)27-32-20-22(4)31(6,40-32)25(26(32)29(38)35(27)23(5)21-36)28(37)34(18-9-3)24-15-12-11-13-16-24/h8-9,11-13,15-16,22-23,25-27,36H,2-3,7,10,14,17-21H2,1,4-6H3/t22?,23-,25+,26+,27?,31-,32?/m1/s1. The van der Waals surface area contributed by atoms with Gasteiger partial charge in [0.1, 0.15) is 11.6 Å². The van der Waals surface area contributed by atoms with Gasteiger partial charge in [-0.15, -0.1) is 13.2 Å². The van der Waals surface area contributed by atoms with Crippen LogP contribution in [0.1, 0.15) is 53.4 Å². The molecule has 3 heterocycles. The van der Waals surface area contributed by atoms with Crippen molar-refractivity contribution in [1.29, 1.82) is 0 Å². The van der Waals surface area contributed by atoms with Crippen molar-refractivity contribution in [2.24, 2.45) is 17.8 Å². The minimum atomic E-state index is -1.16. The van der Waals surface area contributed by atoms with Gasteiger partial charge in [0.2, 0.25) is 17.7 Å². The van der Waals surface area contributed by atoms with Gasteiger partial charge in [-0.1, -0.05) is 57.0 Å². The van der Waals surface area contributed by atoms with Crippen LogP contribution in [0.5, 0.6) is 0 Å². The molecule has 2 bridgehead atoms. The van der Waals surface area contributed by atoms with Gasteiger partial charge < -0.3 is 24.5 Å². The highest BCUT2D eigenvalue weighted by Crippen LogP contribution is 2.65. The molecule has 1 N–H and O–H groups in total. The number of unbranched alkanes of at least 4 members (excludes halogenated alkanes) is 2. The fourth-order valence-electron chi connectivity index (χ4n) is 7.29. The first-order chi connectivity index (χ1) is 19.1. The third-order valence-electron chi connectivity index (χ3n) is 9.33. The Balaban J connectivity index is 1.81. The highest BCUT2D eigenvalue weighted by atomic mass is 16.5. The first-order valence-corrected chi connectivity index (χ1v) is 14.6. The number of ether oxygens (including phenoxy) is 1. The molecule has 0 aromatic heterocycles. The highest BCUT2D eigenvalue weighted by Gasteiger charge is 2.80. The minimum Gasteiger partial charge on any atom is -0.394 e. The average Bonchev–Trinajstić information content (AvgIpc) is 3.47. The van der Waals surface area contributed by atoms with Crippen LogP contribution in [0.25, 0.3) is 0 Å². The number of amides is 3. The van der Waals surface area contributed by atoms with Crippen LogP contribution in [0, 0.1) is 17.8 Å². The number of carbonyl (C=O) groups is 3. The van der Waals surface area contributed by atoms with Crippen molar-refractivity contribution in [1.82, 2.24) is 9.80 Å². The van der Waals surface area contributed by atoms with Crippen LogP contribution in [0.15, 0.2) is 55.6 Å². The first kappa shape index (κ1) is 30.0. The van der Waals surface area contributed by atoms with Gasteiger partial charge in [0.25, 0.3) is 0 Å². The highest BCUT2D eigenvalue weighted by molar-refractivity contribution is 6.03. The number of benzene rings is 1. The molecule has 3 fully saturated rings. The molecular weight excluding hydrogens is 506 g/mol. The van der Waals surface area contributed by atoms with Gasteiger partial charge in [-0.25, -0.2) is 0 Å². The van der Waals surface area contributed by atoms with Crippen LogP contribution in [-0.2, 0) is 19.1 Å². The average molecular weight is 552 g/mol. The molecule has 0 saturated carbocycles. The topological polar surface area (TPSA) is 90.4 Å². The Bertz CT molecular complexity index is 1120. The lowest BCUT2D eigenvalue weighted by Gasteiger charge is -2.39. The number of aliphatic hydroxyl groups is 1. The number of hydrogen-bond donors (Lipinski definition) is 1. The number of nitrogens with zero attached hydrogens (tertiary/aromatic N) is 3. The van der Waals surface area contributed by atoms with E-state index in [1.54, 1.807) is 28.9 Å². The molecule has 3 aliphatic rings. The first-order valence-electron chi connectivity index (χ1n) is 14.6. The molecule has 40 heavy (non-hydrogen) atoms. The number of para-hydroxylation sites is 1. The van der Waals surface area contributed by atoms with Crippen LogP contribution in [-0.4, -0.2) is 82.2 Å². The number of rotatable bonds is 13. The Morgan fingerprint density at radius 2 is 1.85 bits per heavy atom. The molecule has 8 heteroatoms. The van der Waals surface area contributed by atoms with E-state index in [0.29, 0.717) is 25.2 Å². The zero-order chi connectivity index (χ0) is 29.2. The van der Waals surface area contributed by atoms with E-state index in [2.05, 4.69) is 20.1 Å². The Hall–Kier alpha value is -2.97. The van der Waals surface area contributed by atoms with Gasteiger partial charge in [0.15, 0.2) is 0 Å². The smallest absolute Gasteiger partial charge is 0.248 e. The molecule has 3 saturated heterocycles. The van der Waals surface area contributed by atoms with Gasteiger partial charge in [-0.2, -0.15) is 0 Å². The predicted octanol–water partition coefficient (Wildman–Crippen LogP) is 3.80. The summed E-state index contributed by atoms with van der Waals surface area (Å²) in [6, 6.07) is 7.82. The van der Waals surface area contributed by atoms with Gasteiger partial charge >= 0.3 is 0 Å². The maximum Gasteiger partial charge on any atom is 0.248 e. The van der Waals surface area contributed by atoms with E-state index < -0.39 is 35.1 Å². The SMILES string of the molecule is C=CCN(CCCCC)C(=O)C1N([C@H](C)CO)C(=O)[C@@H]2[C@@H](C(=O)N(CC=C)c3ccccc3)[C@]3(C)OC12CC3C. The zero-order valence-electron chi connectivity index (χ0n) is 24.4. The summed E-state index contributed by atoms with van der Waals surface area (Å²) in [7, 11) is 0. The Kier molecular flexibility index (Phi) is 8.90. The largest absolute Gasteiger partial charge is 0.394 e. The fourth-order valence-corrected chi connectivity index (χ4v) is 7.29. The molecule has 8 nitrogen and oxygen atoms in total. The molecule has 1 aromatic carbocycles. The molecule has 1 aromatic rings. The number of hydrogen-bond acceptors (Lipinski definition) is 5. The number of likely N-dealkylation sites (tertiary alicyclic amines) is 1. The van der Waals surface area contributed by atoms with Crippen LogP contribution in [0.4, 0.5) is 5.69 Å². The number of anilines is 1. The van der Waals surface area contributed by atoms with Gasteiger partial charge in [-0.3, -0.25) is 14.4 Å². The summed E-state index contributed by atoms with van der Waals surface area (Å²) in [5.74, 6) is -2.41. The van der Waals surface area contributed by atoms with E-state index in [0.717, 1.165) is 19.3 Å². The van der Waals surface area contributed by atoms with Crippen LogP contribution in [0.2, 0.25) is 0 Å². The van der Waals surface area contributed by atoms with Crippen LogP contribution >= 0.6 is 0 Å². The summed E-state index contributed by atoms with van der Waals surface area (Å²) in [6.45, 7) is 16.4. The van der Waals surface area contributed by atoms with E-state index in [-0.39, 0.29) is 36.8 Å². The fraction of sp³-hybridized carbons (Fsp3) is 0.594. The zero-order valence-corrected chi connectivity index (χ0v) is 24.4. The lowest BCUT2D eigenvalue weighted by molar-refractivity contribution is -0.155. The normalized spacial score (nSPS) is 31.1. The van der Waals surface area contributed by atoms with Gasteiger partial charge in [0.05, 0.1) is 30.1 Å². The van der Waals surface area contributed by atoms with E-state index in [1.165, 1.54) is 4.90 Å². The summed E-state index contributed by atoms with van der Waals surface area (Å²) in [6.07, 6.45) is 6.70. The second-order valence-electron chi connectivity index (χ2n) is 11.8. The molecule has 1 spiro atoms. The van der Waals surface area contributed by atoms with Crippen molar-refractivity contribution in [2.45, 2.75) is 76.7 Å².